The molecule has 0 saturated carbocycles. The van der Waals surface area contributed by atoms with Crippen LogP contribution >= 0.6 is 0 Å². The van der Waals surface area contributed by atoms with E-state index in [2.05, 4.69) is 9.72 Å². The second-order valence-electron chi connectivity index (χ2n) is 5.07. The first-order valence-electron chi connectivity index (χ1n) is 5.42. The number of hydrogen-bond acceptors (Lipinski definition) is 3. The minimum absolute atomic E-state index is 0.0805. The molecule has 7 heteroatoms. The van der Waals surface area contributed by atoms with Crippen LogP contribution in [0.5, 0.6) is 5.75 Å². The van der Waals surface area contributed by atoms with E-state index in [1.165, 1.54) is 0 Å². The molecular formula is C12H11F4NO2. The molecule has 0 atom stereocenters. The van der Waals surface area contributed by atoms with Crippen LogP contribution in [0.25, 0.3) is 11.1 Å². The Morgan fingerprint density at radius 3 is 2.32 bits per heavy atom. The zero-order valence-corrected chi connectivity index (χ0v) is 10.4. The molecule has 0 spiro atoms. The van der Waals surface area contributed by atoms with E-state index in [4.69, 9.17) is 4.42 Å². The van der Waals surface area contributed by atoms with Gasteiger partial charge < -0.3 is 9.15 Å². The zero-order valence-electron chi connectivity index (χ0n) is 10.4. The van der Waals surface area contributed by atoms with E-state index in [-0.39, 0.29) is 11.1 Å². The van der Waals surface area contributed by atoms with Crippen LogP contribution in [-0.2, 0) is 5.41 Å². The van der Waals surface area contributed by atoms with Gasteiger partial charge in [0.1, 0.15) is 5.52 Å². The van der Waals surface area contributed by atoms with Crippen molar-refractivity contribution in [2.45, 2.75) is 32.5 Å². The Morgan fingerprint density at radius 2 is 1.79 bits per heavy atom. The van der Waals surface area contributed by atoms with Crippen LogP contribution in [-0.4, -0.2) is 11.3 Å². The maximum absolute atomic E-state index is 13.4. The number of nitrogens with zero attached hydrogens (tertiary/aromatic N) is 1. The largest absolute Gasteiger partial charge is 0.573 e. The van der Waals surface area contributed by atoms with E-state index in [1.54, 1.807) is 0 Å². The standard InChI is InChI=1S/C12H11F4NO2/c1-11(2,3)10-17-7-5-8(19-12(14,15)16)6(13)4-9(7)18-10/h4-5H,1-3H3. The number of rotatable bonds is 1. The smallest absolute Gasteiger partial charge is 0.440 e. The highest BCUT2D eigenvalue weighted by Crippen LogP contribution is 2.32. The van der Waals surface area contributed by atoms with Crippen LogP contribution < -0.4 is 4.74 Å². The molecule has 2 aromatic rings. The third kappa shape index (κ3) is 2.97. The Kier molecular flexibility index (Phi) is 2.95. The van der Waals surface area contributed by atoms with Crippen LogP contribution in [0.1, 0.15) is 26.7 Å². The van der Waals surface area contributed by atoms with Gasteiger partial charge in [-0.1, -0.05) is 20.8 Å². The van der Waals surface area contributed by atoms with E-state index in [0.29, 0.717) is 5.89 Å². The van der Waals surface area contributed by atoms with Gasteiger partial charge in [0.2, 0.25) is 5.89 Å². The number of ether oxygens (including phenoxy) is 1. The summed E-state index contributed by atoms with van der Waals surface area (Å²) in [4.78, 5) is 4.04. The third-order valence-corrected chi connectivity index (χ3v) is 2.31. The molecule has 3 nitrogen and oxygen atoms in total. The van der Waals surface area contributed by atoms with Gasteiger partial charge in [-0.3, -0.25) is 0 Å². The quantitative estimate of drug-likeness (QED) is 0.734. The van der Waals surface area contributed by atoms with Gasteiger partial charge in [-0.05, 0) is 0 Å². The summed E-state index contributed by atoms with van der Waals surface area (Å²) in [6, 6.07) is 1.70. The van der Waals surface area contributed by atoms with E-state index < -0.39 is 23.3 Å². The van der Waals surface area contributed by atoms with Gasteiger partial charge >= 0.3 is 6.36 Å². The van der Waals surface area contributed by atoms with Gasteiger partial charge in [0.05, 0.1) is 0 Å². The second kappa shape index (κ2) is 4.11. The van der Waals surface area contributed by atoms with Gasteiger partial charge in [-0.15, -0.1) is 13.2 Å². The molecule has 19 heavy (non-hydrogen) atoms. The molecule has 1 aromatic carbocycles. The van der Waals surface area contributed by atoms with Gasteiger partial charge in [-0.2, -0.15) is 0 Å². The second-order valence-corrected chi connectivity index (χ2v) is 5.07. The molecular weight excluding hydrogens is 266 g/mol. The van der Waals surface area contributed by atoms with Crippen LogP contribution in [0.15, 0.2) is 16.5 Å². The molecule has 0 aliphatic carbocycles. The maximum atomic E-state index is 13.4. The van der Waals surface area contributed by atoms with Crippen molar-refractivity contribution in [3.05, 3.63) is 23.8 Å². The highest BCUT2D eigenvalue weighted by atomic mass is 19.4. The van der Waals surface area contributed by atoms with E-state index in [9.17, 15) is 17.6 Å². The van der Waals surface area contributed by atoms with Crippen LogP contribution in [0.2, 0.25) is 0 Å². The van der Waals surface area contributed by atoms with Gasteiger partial charge in [0.15, 0.2) is 17.1 Å². The fraction of sp³-hybridized carbons (Fsp3) is 0.417. The zero-order chi connectivity index (χ0) is 14.4. The van der Waals surface area contributed by atoms with Crippen molar-refractivity contribution < 1.29 is 26.7 Å². The number of alkyl halides is 3. The maximum Gasteiger partial charge on any atom is 0.573 e. The summed E-state index contributed by atoms with van der Waals surface area (Å²) >= 11 is 0. The molecule has 0 aliphatic rings. The van der Waals surface area contributed by atoms with Crippen molar-refractivity contribution in [3.8, 4) is 5.75 Å². The molecule has 0 amide bonds. The monoisotopic (exact) mass is 277 g/mol. The molecule has 1 aromatic heterocycles. The van der Waals surface area contributed by atoms with E-state index >= 15 is 0 Å². The van der Waals surface area contributed by atoms with Crippen molar-refractivity contribution in [2.24, 2.45) is 0 Å². The fourth-order valence-electron chi connectivity index (χ4n) is 1.45. The summed E-state index contributed by atoms with van der Waals surface area (Å²) in [6.45, 7) is 5.46. The predicted molar refractivity (Wildman–Crippen MR) is 59.4 cm³/mol. The van der Waals surface area contributed by atoms with Gasteiger partial charge in [0.25, 0.3) is 0 Å². The Balaban J connectivity index is 2.50. The summed E-state index contributed by atoms with van der Waals surface area (Å²) in [5.41, 5.74) is -0.233. The van der Waals surface area contributed by atoms with Crippen LogP contribution in [0, 0.1) is 5.82 Å². The molecule has 0 saturated heterocycles. The first-order valence-corrected chi connectivity index (χ1v) is 5.42. The summed E-state index contributed by atoms with van der Waals surface area (Å²) < 4.78 is 58.6. The topological polar surface area (TPSA) is 35.3 Å². The third-order valence-electron chi connectivity index (χ3n) is 2.31. The molecule has 1 heterocycles. The van der Waals surface area contributed by atoms with Crippen molar-refractivity contribution in [1.82, 2.24) is 4.98 Å². The molecule has 0 radical (unpaired) electrons. The van der Waals surface area contributed by atoms with Crippen LogP contribution in [0.3, 0.4) is 0 Å². The average Bonchev–Trinajstić information content (AvgIpc) is 2.58. The lowest BCUT2D eigenvalue weighted by molar-refractivity contribution is -0.275. The minimum atomic E-state index is -4.95. The van der Waals surface area contributed by atoms with Crippen molar-refractivity contribution in [1.29, 1.82) is 0 Å². The highest BCUT2D eigenvalue weighted by molar-refractivity contribution is 5.75. The summed E-state index contributed by atoms with van der Waals surface area (Å²) in [7, 11) is 0. The first kappa shape index (κ1) is 13.6. The average molecular weight is 277 g/mol. The summed E-state index contributed by atoms with van der Waals surface area (Å²) in [6.07, 6.45) is -4.95. The van der Waals surface area contributed by atoms with Gasteiger partial charge in [-0.25, -0.2) is 9.37 Å². The molecule has 0 unspecified atom stereocenters. The van der Waals surface area contributed by atoms with Crippen molar-refractivity contribution in [2.75, 3.05) is 0 Å². The van der Waals surface area contributed by atoms with Crippen molar-refractivity contribution in [3.63, 3.8) is 0 Å². The lowest BCUT2D eigenvalue weighted by atomic mass is 9.97. The molecule has 0 fully saturated rings. The predicted octanol–water partition coefficient (Wildman–Crippen LogP) is 4.16. The number of fused-ring (bicyclic) bond motifs is 1. The number of halogens is 4. The number of benzene rings is 1. The Labute approximate surface area is 106 Å². The normalized spacial score (nSPS) is 13.0. The Hall–Kier alpha value is -1.79. The number of hydrogen-bond donors (Lipinski definition) is 0. The first-order chi connectivity index (χ1) is 8.56. The highest BCUT2D eigenvalue weighted by Gasteiger charge is 2.33. The molecule has 0 N–H and O–H groups in total. The molecule has 0 bridgehead atoms. The lowest BCUT2D eigenvalue weighted by Crippen LogP contribution is -2.17. The minimum Gasteiger partial charge on any atom is -0.440 e. The fourth-order valence-corrected chi connectivity index (χ4v) is 1.45. The lowest BCUT2D eigenvalue weighted by Gasteiger charge is -2.11. The molecule has 0 aliphatic heterocycles. The Bertz CT molecular complexity index is 610. The van der Waals surface area contributed by atoms with E-state index in [1.807, 2.05) is 20.8 Å². The van der Waals surface area contributed by atoms with E-state index in [0.717, 1.165) is 12.1 Å². The summed E-state index contributed by atoms with van der Waals surface area (Å²) in [5.74, 6) is -1.76. The SMILES string of the molecule is CC(C)(C)c1nc2cc(OC(F)(F)F)c(F)cc2o1. The van der Waals surface area contributed by atoms with Gasteiger partial charge in [0, 0.05) is 17.5 Å². The Morgan fingerprint density at radius 1 is 1.16 bits per heavy atom. The number of oxazole rings is 1. The molecule has 2 rings (SSSR count). The van der Waals surface area contributed by atoms with Crippen molar-refractivity contribution >= 4 is 11.1 Å². The van der Waals surface area contributed by atoms with Crippen LogP contribution in [0.4, 0.5) is 17.6 Å². The number of aromatic nitrogens is 1. The summed E-state index contributed by atoms with van der Waals surface area (Å²) in [5, 5.41) is 0. The molecule has 104 valence electrons.